The number of carbonyl (C=O) groups excluding carboxylic acids is 1. The van der Waals surface area contributed by atoms with Gasteiger partial charge in [0.05, 0.1) is 53.5 Å². The first-order valence-electron chi connectivity index (χ1n) is 31.5. The van der Waals surface area contributed by atoms with E-state index in [-0.39, 0.29) is 59.5 Å². The summed E-state index contributed by atoms with van der Waals surface area (Å²) in [6.45, 7) is 27.0. The molecule has 12 aliphatic rings. The molecule has 482 valence electrons. The first-order valence-corrected chi connectivity index (χ1v) is 43.5. The lowest BCUT2D eigenvalue weighted by Gasteiger charge is -2.44. The molecule has 1 N–H and O–H groups in total. The Morgan fingerprint density at radius 2 is 0.967 bits per heavy atom. The Morgan fingerprint density at radius 3 is 1.39 bits per heavy atom. The Kier molecular flexibility index (Phi) is 18.0. The number of anilines is 2. The number of fused-ring (bicyclic) bond motifs is 18. The van der Waals surface area contributed by atoms with Crippen molar-refractivity contribution in [3.8, 4) is 0 Å². The van der Waals surface area contributed by atoms with Gasteiger partial charge < -0.3 is 29.1 Å². The number of carboxylic acids is 1. The third kappa shape index (κ3) is 10.9. The van der Waals surface area contributed by atoms with Crippen LogP contribution >= 0.6 is 0 Å². The van der Waals surface area contributed by atoms with Gasteiger partial charge in [0, 0.05) is 187 Å². The van der Waals surface area contributed by atoms with Crippen LogP contribution in [0.2, 0.25) is 0 Å². The quantitative estimate of drug-likeness (QED) is 0.154. The number of aromatic carboxylic acids is 1. The zero-order valence-corrected chi connectivity index (χ0v) is 61.3. The second kappa shape index (κ2) is 25.1. The average Bonchev–Trinajstić information content (AvgIpc) is 1.56. The lowest BCUT2D eigenvalue weighted by molar-refractivity contribution is -0.445. The summed E-state index contributed by atoms with van der Waals surface area (Å²) in [6.07, 6.45) is 16.7. The number of allylic oxidation sites excluding steroid dienone is 6. The van der Waals surface area contributed by atoms with Crippen molar-refractivity contribution in [3.05, 3.63) is 186 Å². The standard InChI is InChI=1S/C36H39N2O3.C35H36N2O3.CH4.S10/c1-20-7-9-28-26(15-20)35(2,3)32-24-16-23-17-25-30(41-31(23)19-21(24)11-13-37(28)32)12-14-38-29-10-8-22(34(39)40-6)18-27(29)36(4,5)33(25)38;1-19-6-8-27-25(14-19)34(2,3)31-23-15-22-16-24-29(40-30(22)18-20(23)10-12-36(27)31)11-13-37-28-9-7-21(33(38)39)17-26(28)35(4,5)32(24)37;;1-3-5-7-9-10-8-6-4-2/h7-10,15-18,21,30-31H,11-14,19H2,1-6H3;6-9,14-17,20,29-30H,10-13,18H2,1-5H3;1H4;/q+1;;;/p+1/t21-,30?,31+;20-,29-,30+;;/m11../s1. The molecule has 0 saturated carbocycles. The topological polar surface area (TPSA) is 94.6 Å². The van der Waals surface area contributed by atoms with Gasteiger partial charge in [0.1, 0.15) is 0 Å². The molecule has 0 spiro atoms. The monoisotopic (exact) mass is 1420 g/mol. The van der Waals surface area contributed by atoms with E-state index in [0.717, 1.165) is 69.5 Å². The average molecular weight is 1420 g/mol. The first kappa shape index (κ1) is 66.0. The van der Waals surface area contributed by atoms with Gasteiger partial charge in [0.25, 0.3) is 0 Å². The molecule has 0 fully saturated rings. The van der Waals surface area contributed by atoms with Crippen LogP contribution in [0.5, 0.6) is 0 Å². The largest absolute Gasteiger partial charge is 0.478 e. The van der Waals surface area contributed by atoms with Gasteiger partial charge in [-0.2, -0.15) is 9.15 Å². The first-order chi connectivity index (χ1) is 43.6. The van der Waals surface area contributed by atoms with E-state index in [4.69, 9.17) is 14.2 Å². The van der Waals surface area contributed by atoms with Gasteiger partial charge in [0.2, 0.25) is 11.4 Å². The number of carboxylic acid groups (broad SMARTS) is 1. The molecule has 20 heteroatoms. The molecule has 1 unspecified atom stereocenters. The predicted molar refractivity (Wildman–Crippen MR) is 399 cm³/mol. The van der Waals surface area contributed by atoms with E-state index in [9.17, 15) is 14.7 Å². The molecule has 4 aromatic rings. The van der Waals surface area contributed by atoms with Crippen molar-refractivity contribution >= 4 is 140 Å². The van der Waals surface area contributed by atoms with Gasteiger partial charge in [-0.1, -0.05) is 82.7 Å². The highest BCUT2D eigenvalue weighted by Gasteiger charge is 2.56. The molecule has 0 bridgehead atoms. The van der Waals surface area contributed by atoms with Gasteiger partial charge in [-0.3, -0.25) is 0 Å². The van der Waals surface area contributed by atoms with E-state index in [0.29, 0.717) is 23.0 Å². The van der Waals surface area contributed by atoms with Gasteiger partial charge >= 0.3 is 11.9 Å². The summed E-state index contributed by atoms with van der Waals surface area (Å²) in [4.78, 5) is 29.3. The fourth-order valence-electron chi connectivity index (χ4n) is 17.6. The second-order valence-corrected chi connectivity index (χ2v) is 42.1. The predicted octanol–water partition coefficient (Wildman–Crippen LogP) is 13.8. The van der Waals surface area contributed by atoms with E-state index in [1.807, 2.05) is 24.3 Å². The van der Waals surface area contributed by atoms with E-state index < -0.39 is 5.97 Å². The van der Waals surface area contributed by atoms with Gasteiger partial charge in [-0.05, 0) is 161 Å². The van der Waals surface area contributed by atoms with Gasteiger partial charge in [0.15, 0.2) is 24.5 Å². The van der Waals surface area contributed by atoms with Crippen LogP contribution in [0.15, 0.2) is 142 Å². The number of hydrogen-bond acceptors (Lipinski definition) is 9. The maximum atomic E-state index is 12.4. The van der Waals surface area contributed by atoms with E-state index in [1.165, 1.54) is 132 Å². The number of aryl methyl sites for hydroxylation is 2. The molecule has 16 rings (SSSR count). The Hall–Kier alpha value is -4.68. The van der Waals surface area contributed by atoms with Crippen LogP contribution in [0.1, 0.15) is 155 Å². The number of rotatable bonds is 2. The maximum Gasteiger partial charge on any atom is 0.337 e. The molecule has 2 aliphatic carbocycles. The fourth-order valence-corrected chi connectivity index (χ4v) is 34.0. The molecule has 4 aromatic carbocycles. The van der Waals surface area contributed by atoms with Crippen LogP contribution in [-0.4, -0.2) is 95.3 Å². The van der Waals surface area contributed by atoms with Gasteiger partial charge in [-0.25, -0.2) is 9.59 Å². The van der Waals surface area contributed by atoms with E-state index in [2.05, 4.69) is 177 Å². The van der Waals surface area contributed by atoms with E-state index >= 15 is 0 Å². The summed E-state index contributed by atoms with van der Waals surface area (Å²) in [5, 5.41) is 9.66. The van der Waals surface area contributed by atoms with E-state index in [1.54, 1.807) is 59.3 Å². The molecule has 0 saturated heterocycles. The number of benzene rings is 4. The van der Waals surface area contributed by atoms with Crippen molar-refractivity contribution in [1.29, 1.82) is 0 Å². The minimum Gasteiger partial charge on any atom is -0.478 e. The molecule has 0 radical (unpaired) electrons. The maximum absolute atomic E-state index is 12.4. The Labute approximate surface area is 575 Å². The smallest absolute Gasteiger partial charge is 0.337 e. The van der Waals surface area contributed by atoms with Crippen molar-refractivity contribution in [2.75, 3.05) is 43.1 Å². The zero-order valence-electron chi connectivity index (χ0n) is 53.1. The number of carbonyl (C=O) groups is 2. The number of methoxy groups -OCH3 is 1. The molecule has 10 nitrogen and oxygen atoms in total. The highest BCUT2D eigenvalue weighted by atomic mass is 33.4. The summed E-state index contributed by atoms with van der Waals surface area (Å²) in [7, 11) is 14.1. The van der Waals surface area contributed by atoms with Crippen LogP contribution in [0, 0.1) is 25.7 Å². The number of ether oxygens (including phenoxy) is 3. The molecule has 92 heavy (non-hydrogen) atoms. The Morgan fingerprint density at radius 1 is 0.543 bits per heavy atom. The SMILES string of the molecule is C.COC(=O)c1ccc2c(c1)C(C)(C)C1=[N+]2CCC2O[C@H]3C[C@H]4CCN5C(=C4C=C3C=C12)C(C)(C)c1cc(C)ccc15.Cc1ccc2c(c1)C(C)(C)C1=C3C=C4C=C5C6=[N+](CC[C@H]5O[C@H]4C[C@H]3CCN12)c1ccc(C(=O)O)cc1C6(C)C.S=S=S=S=S=S=S=S=S=S. The number of hydrogen-bond donors (Lipinski definition) is 1. The summed E-state index contributed by atoms with van der Waals surface area (Å²) in [6, 6.07) is 25.6. The van der Waals surface area contributed by atoms with Crippen LogP contribution < -0.4 is 9.80 Å². The minimum absolute atomic E-state index is 0. The van der Waals surface area contributed by atoms with Crippen LogP contribution in [0.25, 0.3) is 0 Å². The fraction of sp³-hybridized carbons (Fsp3) is 0.444. The zero-order chi connectivity index (χ0) is 63.8. The van der Waals surface area contributed by atoms with Crippen LogP contribution in [-0.2, 0) is 129 Å². The Balaban J connectivity index is 0.000000145. The van der Waals surface area contributed by atoms with Crippen molar-refractivity contribution in [2.24, 2.45) is 11.8 Å². The summed E-state index contributed by atoms with van der Waals surface area (Å²) in [5.41, 5.74) is 27.0. The lowest BCUT2D eigenvalue weighted by atomic mass is 9.71. The molecule has 10 aliphatic heterocycles. The molecule has 0 amide bonds. The molecule has 6 atom stereocenters. The van der Waals surface area contributed by atoms with Crippen molar-refractivity contribution in [2.45, 2.75) is 161 Å². The molecule has 0 aromatic heterocycles. The van der Waals surface area contributed by atoms with Crippen molar-refractivity contribution in [3.63, 3.8) is 0 Å². The van der Waals surface area contributed by atoms with Crippen molar-refractivity contribution < 1.29 is 38.1 Å². The normalized spacial score (nSPS) is 25.6. The van der Waals surface area contributed by atoms with Crippen LogP contribution in [0.4, 0.5) is 22.7 Å². The summed E-state index contributed by atoms with van der Waals surface area (Å²) >= 11 is 9.31. The molecular weight excluding hydrogens is 1340 g/mol. The third-order valence-corrected chi connectivity index (χ3v) is 37.0. The van der Waals surface area contributed by atoms with Crippen LogP contribution in [0.3, 0.4) is 0 Å². The van der Waals surface area contributed by atoms with Crippen molar-refractivity contribution in [1.82, 2.24) is 0 Å². The number of nitrogens with zero attached hydrogens (tertiary/aromatic N) is 4. The molecular formula is C72H80N4O6S10+2. The molecule has 10 heterocycles. The van der Waals surface area contributed by atoms with Gasteiger partial charge in [-0.15, -0.1) is 0 Å². The number of esters is 1. The second-order valence-electron chi connectivity index (χ2n) is 28.0. The Bertz CT molecular complexity index is 4570. The summed E-state index contributed by atoms with van der Waals surface area (Å²) in [5.74, 6) is -0.0978. The third-order valence-electron chi connectivity index (χ3n) is 21.4. The lowest BCUT2D eigenvalue weighted by Crippen LogP contribution is -2.46. The summed E-state index contributed by atoms with van der Waals surface area (Å²) < 4.78 is 23.8. The minimum atomic E-state index is -0.875. The highest BCUT2D eigenvalue weighted by molar-refractivity contribution is 8.73. The highest BCUT2D eigenvalue weighted by Crippen LogP contribution is 2.58.